The normalized spacial score (nSPS) is 13.6. The van der Waals surface area contributed by atoms with Gasteiger partial charge in [-0.3, -0.25) is 10.1 Å². The summed E-state index contributed by atoms with van der Waals surface area (Å²) in [6.45, 7) is 12.4. The summed E-state index contributed by atoms with van der Waals surface area (Å²) < 4.78 is 10.8. The van der Waals surface area contributed by atoms with Crippen LogP contribution in [0.5, 0.6) is 0 Å². The first-order chi connectivity index (χ1) is 9.62. The largest absolute Gasteiger partial charge is 0.460 e. The number of rotatable bonds is 10. The van der Waals surface area contributed by atoms with Crippen LogP contribution in [-0.2, 0) is 14.3 Å². The maximum atomic E-state index is 11.7. The lowest BCUT2D eigenvalue weighted by atomic mass is 10.1. The molecule has 0 rings (SSSR count). The van der Waals surface area contributed by atoms with Crippen molar-refractivity contribution in [1.82, 2.24) is 5.32 Å². The first-order valence-electron chi connectivity index (χ1n) is 6.92. The van der Waals surface area contributed by atoms with E-state index >= 15 is 0 Å². The zero-order valence-electron chi connectivity index (χ0n) is 13.3. The Morgan fingerprint density at radius 1 is 1.38 bits per heavy atom. The molecular weight excluding hydrogens is 276 g/mol. The summed E-state index contributed by atoms with van der Waals surface area (Å²) in [5.74, 6) is -0.389. The van der Waals surface area contributed by atoms with Crippen molar-refractivity contribution in [3.05, 3.63) is 4.85 Å². The molecule has 0 aromatic heterocycles. The molecule has 0 aromatic carbocycles. The van der Waals surface area contributed by atoms with Crippen LogP contribution in [0.15, 0.2) is 0 Å². The Morgan fingerprint density at radius 2 is 2.00 bits per heavy atom. The second kappa shape index (κ2) is 8.95. The fourth-order valence-corrected chi connectivity index (χ4v) is 1.40. The molecule has 0 aromatic rings. The van der Waals surface area contributed by atoms with Crippen LogP contribution in [0.25, 0.3) is 4.85 Å². The summed E-state index contributed by atoms with van der Waals surface area (Å²) in [7, 11) is 0. The van der Waals surface area contributed by atoms with E-state index in [-0.39, 0.29) is 18.9 Å². The summed E-state index contributed by atoms with van der Waals surface area (Å²) >= 11 is 0. The standard InChI is InChI=1S/C14H27N2O5/c1-13(2,7-9-20-14(3,4)15-5)21-12(19)6-8-16-11(18)10-17/h5,11,16-18H,6-10H2,1-4H3/q+1. The van der Waals surface area contributed by atoms with Gasteiger partial charge >= 0.3 is 11.7 Å². The molecule has 21 heavy (non-hydrogen) atoms. The molecule has 1 atom stereocenters. The molecule has 0 aliphatic carbocycles. The number of nitrogens with zero attached hydrogens (tertiary/aromatic N) is 1. The number of esters is 1. The third-order valence-electron chi connectivity index (χ3n) is 2.74. The summed E-state index contributed by atoms with van der Waals surface area (Å²) in [6.07, 6.45) is -0.420. The molecule has 0 fully saturated rings. The SMILES string of the molecule is C#[N+]C(C)(C)OCCC(C)(C)OC(=O)CCNC(O)CO. The zero-order chi connectivity index (χ0) is 16.5. The average molecular weight is 303 g/mol. The predicted octanol–water partition coefficient (Wildman–Crippen LogP) is 0.704. The number of aliphatic hydroxyl groups excluding tert-OH is 2. The van der Waals surface area contributed by atoms with Crippen molar-refractivity contribution in [3.63, 3.8) is 0 Å². The monoisotopic (exact) mass is 303 g/mol. The van der Waals surface area contributed by atoms with Gasteiger partial charge in [0.1, 0.15) is 11.8 Å². The highest BCUT2D eigenvalue weighted by Gasteiger charge is 2.30. The quantitative estimate of drug-likeness (QED) is 0.406. The number of aliphatic hydroxyl groups is 2. The molecular formula is C14H27N2O5+. The lowest BCUT2D eigenvalue weighted by molar-refractivity contribution is -0.158. The van der Waals surface area contributed by atoms with E-state index in [0.29, 0.717) is 13.0 Å². The number of nitrogens with one attached hydrogen (secondary N) is 1. The molecule has 122 valence electrons. The molecule has 0 aliphatic rings. The van der Waals surface area contributed by atoms with E-state index in [9.17, 15) is 4.79 Å². The molecule has 0 heterocycles. The van der Waals surface area contributed by atoms with Crippen LogP contribution in [-0.4, -0.2) is 53.5 Å². The molecule has 7 nitrogen and oxygen atoms in total. The van der Waals surface area contributed by atoms with Gasteiger partial charge in [0, 0.05) is 26.8 Å². The zero-order valence-corrected chi connectivity index (χ0v) is 13.3. The lowest BCUT2D eigenvalue weighted by Crippen LogP contribution is -2.36. The van der Waals surface area contributed by atoms with Gasteiger partial charge in [-0.2, -0.15) is 0 Å². The lowest BCUT2D eigenvalue weighted by Gasteiger charge is -2.25. The summed E-state index contributed by atoms with van der Waals surface area (Å²) in [6, 6.07) is 0. The van der Waals surface area contributed by atoms with Gasteiger partial charge in [-0.25, -0.2) is 0 Å². The predicted molar refractivity (Wildman–Crippen MR) is 78.8 cm³/mol. The van der Waals surface area contributed by atoms with E-state index in [1.165, 1.54) is 0 Å². The number of carbonyl (C=O) groups is 1. The van der Waals surface area contributed by atoms with Crippen molar-refractivity contribution in [2.75, 3.05) is 19.8 Å². The maximum Gasteiger partial charge on any atom is 0.379 e. The second-order valence-electron chi connectivity index (χ2n) is 5.81. The molecule has 0 saturated carbocycles. The Bertz CT molecular complexity index is 363. The van der Waals surface area contributed by atoms with Gasteiger partial charge in [-0.1, -0.05) is 0 Å². The summed E-state index contributed by atoms with van der Waals surface area (Å²) in [5.41, 5.74) is -1.43. The third-order valence-corrected chi connectivity index (χ3v) is 2.74. The van der Waals surface area contributed by atoms with Gasteiger partial charge in [0.15, 0.2) is 0 Å². The molecule has 0 aliphatic heterocycles. The number of hydrogen-bond acceptors (Lipinski definition) is 6. The fourth-order valence-electron chi connectivity index (χ4n) is 1.40. The molecule has 0 radical (unpaired) electrons. The molecule has 3 N–H and O–H groups in total. The van der Waals surface area contributed by atoms with Gasteiger partial charge in [0.25, 0.3) is 6.57 Å². The van der Waals surface area contributed by atoms with Crippen LogP contribution in [0, 0.1) is 6.57 Å². The van der Waals surface area contributed by atoms with Crippen molar-refractivity contribution in [2.45, 2.75) is 58.1 Å². The molecule has 0 bridgehead atoms. The highest BCUT2D eigenvalue weighted by Crippen LogP contribution is 2.18. The minimum absolute atomic E-state index is 0.102. The van der Waals surface area contributed by atoms with E-state index in [4.69, 9.17) is 26.3 Å². The Balaban J connectivity index is 4.00. The molecule has 0 spiro atoms. The van der Waals surface area contributed by atoms with E-state index in [1.807, 2.05) is 0 Å². The number of carbonyl (C=O) groups excluding carboxylic acids is 1. The van der Waals surface area contributed by atoms with Gasteiger partial charge in [0.2, 0.25) is 0 Å². The van der Waals surface area contributed by atoms with E-state index < -0.39 is 24.2 Å². The molecule has 0 amide bonds. The van der Waals surface area contributed by atoms with Crippen molar-refractivity contribution < 1.29 is 24.5 Å². The number of hydrogen-bond donors (Lipinski definition) is 3. The smallest absolute Gasteiger partial charge is 0.379 e. The highest BCUT2D eigenvalue weighted by atomic mass is 16.6. The van der Waals surface area contributed by atoms with Crippen molar-refractivity contribution in [2.24, 2.45) is 0 Å². The van der Waals surface area contributed by atoms with Crippen molar-refractivity contribution in [1.29, 1.82) is 0 Å². The summed E-state index contributed by atoms with van der Waals surface area (Å²) in [5, 5.41) is 20.3. The molecule has 1 unspecified atom stereocenters. The van der Waals surface area contributed by atoms with Crippen molar-refractivity contribution in [3.8, 4) is 6.57 Å². The molecule has 0 saturated heterocycles. The minimum atomic E-state index is -1.03. The van der Waals surface area contributed by atoms with Crippen LogP contribution < -0.4 is 5.32 Å². The minimum Gasteiger partial charge on any atom is -0.460 e. The van der Waals surface area contributed by atoms with Gasteiger partial charge in [0.05, 0.1) is 19.6 Å². The Morgan fingerprint density at radius 3 is 2.52 bits per heavy atom. The van der Waals surface area contributed by atoms with Crippen LogP contribution in [0.3, 0.4) is 0 Å². The van der Waals surface area contributed by atoms with Crippen LogP contribution in [0.4, 0.5) is 0 Å². The van der Waals surface area contributed by atoms with E-state index in [2.05, 4.69) is 10.2 Å². The van der Waals surface area contributed by atoms with E-state index in [1.54, 1.807) is 27.7 Å². The Hall–Kier alpha value is -1.20. The Kier molecular flexibility index (Phi) is 8.44. The number of ether oxygens (including phenoxy) is 2. The highest BCUT2D eigenvalue weighted by molar-refractivity contribution is 5.70. The van der Waals surface area contributed by atoms with Crippen LogP contribution in [0.1, 0.15) is 40.5 Å². The van der Waals surface area contributed by atoms with E-state index in [0.717, 1.165) is 0 Å². The maximum absolute atomic E-state index is 11.7. The third kappa shape index (κ3) is 10.2. The Labute approximate surface area is 126 Å². The second-order valence-corrected chi connectivity index (χ2v) is 5.81. The van der Waals surface area contributed by atoms with Gasteiger partial charge < -0.3 is 19.7 Å². The average Bonchev–Trinajstić information content (AvgIpc) is 2.37. The first-order valence-corrected chi connectivity index (χ1v) is 6.92. The van der Waals surface area contributed by atoms with Gasteiger partial charge in [-0.15, -0.1) is 0 Å². The first kappa shape index (κ1) is 19.8. The fraction of sp³-hybridized carbons (Fsp3) is 0.857. The molecule has 7 heteroatoms. The van der Waals surface area contributed by atoms with Crippen LogP contribution >= 0.6 is 0 Å². The van der Waals surface area contributed by atoms with Crippen molar-refractivity contribution >= 4 is 5.97 Å². The van der Waals surface area contributed by atoms with Gasteiger partial charge in [-0.05, 0) is 18.7 Å². The van der Waals surface area contributed by atoms with Crippen LogP contribution in [0.2, 0.25) is 0 Å². The topological polar surface area (TPSA) is 92.4 Å². The summed E-state index contributed by atoms with van der Waals surface area (Å²) in [4.78, 5) is 15.2.